The van der Waals surface area contributed by atoms with E-state index >= 15 is 0 Å². The fraction of sp³-hybridized carbons (Fsp3) is 0.200. The Morgan fingerprint density at radius 3 is 2.12 bits per heavy atom. The van der Waals surface area contributed by atoms with Gasteiger partial charge in [0.2, 0.25) is 5.91 Å². The van der Waals surface area contributed by atoms with Gasteiger partial charge in [-0.2, -0.15) is 0 Å². The van der Waals surface area contributed by atoms with Gasteiger partial charge in [-0.3, -0.25) is 15.0 Å². The molecule has 2 N–H and O–H groups in total. The van der Waals surface area contributed by atoms with Gasteiger partial charge >= 0.3 is 0 Å². The Morgan fingerprint density at radius 1 is 0.824 bits per heavy atom. The summed E-state index contributed by atoms with van der Waals surface area (Å²) in [6.07, 6.45) is 1.25. The zero-order valence-electron chi connectivity index (χ0n) is 18.1. The molecule has 172 valence electrons. The first-order valence-corrected chi connectivity index (χ1v) is 11.7. The van der Waals surface area contributed by atoms with Gasteiger partial charge in [0.15, 0.2) is 0 Å². The first-order chi connectivity index (χ1) is 16.4. The highest BCUT2D eigenvalue weighted by molar-refractivity contribution is 6.31. The fourth-order valence-corrected chi connectivity index (χ4v) is 4.43. The zero-order chi connectivity index (χ0) is 23.7. The smallest absolute Gasteiger partial charge is 0.284 e. The van der Waals surface area contributed by atoms with Crippen LogP contribution in [0.2, 0.25) is 10.0 Å². The molecule has 0 bridgehead atoms. The number of nitrogens with one attached hydrogen (secondary N) is 2. The van der Waals surface area contributed by atoms with E-state index < -0.39 is 0 Å². The topological polar surface area (TPSA) is 87.2 Å². The summed E-state index contributed by atoms with van der Waals surface area (Å²) < 4.78 is 0. The molecular weight excluding hydrogens is 473 g/mol. The number of nitrogens with zero attached hydrogens (tertiary/aromatic N) is 3. The van der Waals surface area contributed by atoms with E-state index in [2.05, 4.69) is 20.7 Å². The van der Waals surface area contributed by atoms with Gasteiger partial charge in [-0.1, -0.05) is 29.3 Å². The number of anilines is 1. The van der Waals surface area contributed by atoms with Crippen molar-refractivity contribution >= 4 is 62.6 Å². The summed E-state index contributed by atoms with van der Waals surface area (Å²) in [5.41, 5.74) is 4.70. The van der Waals surface area contributed by atoms with Crippen LogP contribution >= 0.6 is 23.2 Å². The number of pyridine rings is 2. The van der Waals surface area contributed by atoms with Gasteiger partial charge in [0, 0.05) is 39.8 Å². The molecule has 1 aliphatic heterocycles. The zero-order valence-corrected chi connectivity index (χ0v) is 19.6. The maximum absolute atomic E-state index is 12.8. The van der Waals surface area contributed by atoms with Crippen LogP contribution < -0.4 is 10.7 Å². The third-order valence-electron chi connectivity index (χ3n) is 5.91. The Kier molecular flexibility index (Phi) is 6.32. The minimum Gasteiger partial charge on any atom is -0.310 e. The van der Waals surface area contributed by atoms with Gasteiger partial charge in [-0.15, -0.1) is 0 Å². The summed E-state index contributed by atoms with van der Waals surface area (Å²) in [6, 6.07) is 18.0. The van der Waals surface area contributed by atoms with E-state index in [9.17, 15) is 9.59 Å². The monoisotopic (exact) mass is 493 g/mol. The van der Waals surface area contributed by atoms with Gasteiger partial charge < -0.3 is 5.32 Å². The highest BCUT2D eigenvalue weighted by Gasteiger charge is 2.26. The van der Waals surface area contributed by atoms with Gasteiger partial charge in [-0.25, -0.2) is 15.0 Å². The molecule has 0 saturated carbocycles. The average molecular weight is 494 g/mol. The summed E-state index contributed by atoms with van der Waals surface area (Å²) in [5, 5.41) is 7.80. The van der Waals surface area contributed by atoms with Crippen molar-refractivity contribution in [2.75, 3.05) is 18.4 Å². The number of hydrogen-bond donors (Lipinski definition) is 2. The number of hydrazine groups is 1. The van der Waals surface area contributed by atoms with Crippen molar-refractivity contribution < 1.29 is 9.59 Å². The number of carbonyl (C=O) groups is 2. The van der Waals surface area contributed by atoms with E-state index in [1.54, 1.807) is 30.3 Å². The van der Waals surface area contributed by atoms with Crippen LogP contribution in [0.15, 0.2) is 60.7 Å². The number of amides is 2. The maximum Gasteiger partial charge on any atom is 0.284 e. The molecule has 0 spiro atoms. The molecule has 7 nitrogen and oxygen atoms in total. The largest absolute Gasteiger partial charge is 0.310 e. The molecule has 2 aromatic heterocycles. The summed E-state index contributed by atoms with van der Waals surface area (Å²) in [6.45, 7) is 1.13. The van der Waals surface area contributed by atoms with Gasteiger partial charge in [0.05, 0.1) is 11.0 Å². The third-order valence-corrected chi connectivity index (χ3v) is 6.38. The van der Waals surface area contributed by atoms with Gasteiger partial charge in [0.1, 0.15) is 11.5 Å². The number of aromatic nitrogens is 2. The van der Waals surface area contributed by atoms with Crippen molar-refractivity contribution in [1.29, 1.82) is 0 Å². The Labute approximate surface area is 206 Å². The average Bonchev–Trinajstić information content (AvgIpc) is 2.84. The second-order valence-electron chi connectivity index (χ2n) is 8.26. The Morgan fingerprint density at radius 2 is 1.44 bits per heavy atom. The van der Waals surface area contributed by atoms with Crippen LogP contribution in [0.25, 0.3) is 21.8 Å². The Bertz CT molecular complexity index is 1400. The maximum atomic E-state index is 12.8. The van der Waals surface area contributed by atoms with Gasteiger partial charge in [0.25, 0.3) is 5.91 Å². The Balaban J connectivity index is 1.16. The van der Waals surface area contributed by atoms with E-state index in [0.29, 0.717) is 53.0 Å². The number of halogens is 2. The second kappa shape index (κ2) is 9.54. The highest BCUT2D eigenvalue weighted by atomic mass is 35.5. The molecule has 1 aliphatic rings. The van der Waals surface area contributed by atoms with Crippen LogP contribution in [0.5, 0.6) is 0 Å². The van der Waals surface area contributed by atoms with Crippen molar-refractivity contribution in [3.05, 3.63) is 76.4 Å². The molecule has 9 heteroatoms. The predicted octanol–water partition coefficient (Wildman–Crippen LogP) is 5.09. The molecular formula is C25H21Cl2N5O2. The molecule has 5 rings (SSSR count). The molecule has 4 aromatic rings. The lowest BCUT2D eigenvalue weighted by Gasteiger charge is -2.31. The van der Waals surface area contributed by atoms with Crippen LogP contribution in [-0.4, -0.2) is 39.9 Å². The van der Waals surface area contributed by atoms with Crippen LogP contribution in [0.4, 0.5) is 5.82 Å². The highest BCUT2D eigenvalue weighted by Crippen LogP contribution is 2.22. The lowest BCUT2D eigenvalue weighted by atomic mass is 9.97. The minimum atomic E-state index is -0.278. The van der Waals surface area contributed by atoms with E-state index in [1.807, 2.05) is 35.3 Å². The summed E-state index contributed by atoms with van der Waals surface area (Å²) in [7, 11) is 0. The van der Waals surface area contributed by atoms with E-state index in [-0.39, 0.29) is 17.7 Å². The number of benzene rings is 2. The number of hydrogen-bond acceptors (Lipinski definition) is 5. The normalized spacial score (nSPS) is 14.9. The number of rotatable bonds is 4. The molecule has 1 fully saturated rings. The molecule has 34 heavy (non-hydrogen) atoms. The lowest BCUT2D eigenvalue weighted by Crippen LogP contribution is -2.48. The first kappa shape index (κ1) is 22.5. The predicted molar refractivity (Wildman–Crippen MR) is 134 cm³/mol. The van der Waals surface area contributed by atoms with Crippen molar-refractivity contribution in [2.45, 2.75) is 12.8 Å². The quantitative estimate of drug-likeness (QED) is 0.413. The number of piperidine rings is 1. The number of carbonyl (C=O) groups excluding carboxylic acids is 2. The molecule has 2 aromatic carbocycles. The third kappa shape index (κ3) is 4.97. The van der Waals surface area contributed by atoms with Gasteiger partial charge in [-0.05, 0) is 67.4 Å². The lowest BCUT2D eigenvalue weighted by molar-refractivity contribution is -0.121. The number of fused-ring (bicyclic) bond motifs is 2. The van der Waals surface area contributed by atoms with E-state index in [0.717, 1.165) is 16.3 Å². The first-order valence-electron chi connectivity index (χ1n) is 10.9. The van der Waals surface area contributed by atoms with Crippen LogP contribution in [0.1, 0.15) is 23.3 Å². The van der Waals surface area contributed by atoms with E-state index in [4.69, 9.17) is 23.2 Å². The standard InChI is InChI=1S/C25H21Cl2N5O2/c26-18-3-6-20-16(13-18)1-5-22(28-20)25(34)31-32-11-9-15(10-12-32)24(33)30-23-8-2-17-14-19(27)4-7-21(17)29-23/h1-8,13-15H,9-12H2,(H,31,34)(H,29,30,33). The van der Waals surface area contributed by atoms with Crippen molar-refractivity contribution in [2.24, 2.45) is 5.92 Å². The molecule has 1 saturated heterocycles. The summed E-state index contributed by atoms with van der Waals surface area (Å²) in [4.78, 5) is 34.3. The summed E-state index contributed by atoms with van der Waals surface area (Å²) >= 11 is 12.0. The fourth-order valence-electron chi connectivity index (χ4n) is 4.07. The molecule has 0 unspecified atom stereocenters. The molecule has 3 heterocycles. The molecule has 2 amide bonds. The SMILES string of the molecule is O=C(NN1CCC(C(=O)Nc2ccc3cc(Cl)ccc3n2)CC1)c1ccc2cc(Cl)ccc2n1. The molecule has 0 aliphatic carbocycles. The van der Waals surface area contributed by atoms with Crippen LogP contribution in [0.3, 0.4) is 0 Å². The van der Waals surface area contributed by atoms with Crippen molar-refractivity contribution in [3.63, 3.8) is 0 Å². The van der Waals surface area contributed by atoms with Crippen LogP contribution in [-0.2, 0) is 4.79 Å². The van der Waals surface area contributed by atoms with E-state index in [1.165, 1.54) is 0 Å². The minimum absolute atomic E-state index is 0.0679. The molecule has 0 atom stereocenters. The van der Waals surface area contributed by atoms with Crippen molar-refractivity contribution in [1.82, 2.24) is 20.4 Å². The second-order valence-corrected chi connectivity index (χ2v) is 9.13. The summed E-state index contributed by atoms with van der Waals surface area (Å²) in [5.74, 6) is 0.0143. The van der Waals surface area contributed by atoms with Crippen LogP contribution in [0, 0.1) is 5.92 Å². The van der Waals surface area contributed by atoms with Crippen molar-refractivity contribution in [3.8, 4) is 0 Å². The Hall–Kier alpha value is -3.26. The molecule has 0 radical (unpaired) electrons.